The van der Waals surface area contributed by atoms with Gasteiger partial charge in [-0.3, -0.25) is 0 Å². The molecule has 2 rings (SSSR count). The molecule has 5 nitrogen and oxygen atoms in total. The van der Waals surface area contributed by atoms with Gasteiger partial charge in [0.25, 0.3) is 0 Å². The Balaban J connectivity index is 2.34. The van der Waals surface area contributed by atoms with Crippen LogP contribution in [-0.4, -0.2) is 27.5 Å². The number of benzene rings is 1. The Morgan fingerprint density at radius 1 is 1.19 bits per heavy atom. The summed E-state index contributed by atoms with van der Waals surface area (Å²) in [6.45, 7) is 0.655. The minimum absolute atomic E-state index is 0.0142. The molecule has 1 heterocycles. The first-order valence-corrected chi connectivity index (χ1v) is 5.51. The number of hydrogen-bond donors (Lipinski definition) is 3. The van der Waals surface area contributed by atoms with E-state index in [0.717, 1.165) is 5.01 Å². The number of aromatic nitrogens is 2. The lowest BCUT2D eigenvalue weighted by Gasteiger charge is -1.98. The van der Waals surface area contributed by atoms with Gasteiger partial charge in [-0.15, -0.1) is 10.2 Å². The van der Waals surface area contributed by atoms with Crippen LogP contribution >= 0.6 is 11.3 Å². The Kier molecular flexibility index (Phi) is 3.02. The topological polar surface area (TPSA) is 78.3 Å². The fourth-order valence-electron chi connectivity index (χ4n) is 1.31. The van der Waals surface area contributed by atoms with Gasteiger partial charge in [0.1, 0.15) is 21.5 Å². The SMILES string of the molecule is CNCc1nnc(-c2cc(O)cc(O)c2)s1. The first kappa shape index (κ1) is 10.8. The molecule has 0 amide bonds. The average molecular weight is 237 g/mol. The van der Waals surface area contributed by atoms with Crippen LogP contribution in [0.4, 0.5) is 0 Å². The molecule has 0 radical (unpaired) electrons. The minimum atomic E-state index is 0.0142. The van der Waals surface area contributed by atoms with Crippen LogP contribution in [0.1, 0.15) is 5.01 Å². The average Bonchev–Trinajstić information content (AvgIpc) is 2.65. The lowest BCUT2D eigenvalue weighted by molar-refractivity contribution is 0.451. The van der Waals surface area contributed by atoms with Gasteiger partial charge in [-0.2, -0.15) is 0 Å². The van der Waals surface area contributed by atoms with E-state index >= 15 is 0 Å². The van der Waals surface area contributed by atoms with E-state index in [2.05, 4.69) is 15.5 Å². The van der Waals surface area contributed by atoms with E-state index in [1.54, 1.807) is 12.1 Å². The Morgan fingerprint density at radius 3 is 2.50 bits per heavy atom. The summed E-state index contributed by atoms with van der Waals surface area (Å²) in [6.07, 6.45) is 0. The predicted molar refractivity (Wildman–Crippen MR) is 61.4 cm³/mol. The molecule has 0 fully saturated rings. The summed E-state index contributed by atoms with van der Waals surface area (Å²) in [5.41, 5.74) is 0.664. The van der Waals surface area contributed by atoms with Crippen molar-refractivity contribution >= 4 is 11.3 Å². The molecular formula is C10H11N3O2S. The molecule has 0 bridgehead atoms. The van der Waals surface area contributed by atoms with Crippen LogP contribution < -0.4 is 5.32 Å². The number of rotatable bonds is 3. The van der Waals surface area contributed by atoms with Crippen LogP contribution in [0.5, 0.6) is 11.5 Å². The van der Waals surface area contributed by atoms with Crippen molar-refractivity contribution in [2.24, 2.45) is 0 Å². The van der Waals surface area contributed by atoms with Gasteiger partial charge in [-0.1, -0.05) is 11.3 Å². The molecule has 0 aliphatic rings. The molecule has 0 saturated heterocycles. The van der Waals surface area contributed by atoms with E-state index in [1.165, 1.54) is 17.4 Å². The number of nitrogens with one attached hydrogen (secondary N) is 1. The molecule has 0 atom stereocenters. The third-order valence-electron chi connectivity index (χ3n) is 1.94. The number of aromatic hydroxyl groups is 2. The second-order valence-electron chi connectivity index (χ2n) is 3.27. The van der Waals surface area contributed by atoms with E-state index < -0.39 is 0 Å². The zero-order chi connectivity index (χ0) is 11.5. The van der Waals surface area contributed by atoms with Crippen LogP contribution in [0, 0.1) is 0 Å². The van der Waals surface area contributed by atoms with Gasteiger partial charge in [0.15, 0.2) is 0 Å². The molecule has 0 aliphatic heterocycles. The highest BCUT2D eigenvalue weighted by Crippen LogP contribution is 2.30. The molecule has 1 aromatic heterocycles. The lowest BCUT2D eigenvalue weighted by Crippen LogP contribution is -2.04. The van der Waals surface area contributed by atoms with Crippen molar-refractivity contribution in [1.82, 2.24) is 15.5 Å². The summed E-state index contributed by atoms with van der Waals surface area (Å²) in [7, 11) is 1.83. The quantitative estimate of drug-likeness (QED) is 0.750. The first-order valence-electron chi connectivity index (χ1n) is 4.69. The second kappa shape index (κ2) is 4.46. The maximum absolute atomic E-state index is 9.35. The first-order chi connectivity index (χ1) is 7.69. The molecule has 0 saturated carbocycles. The molecular weight excluding hydrogens is 226 g/mol. The van der Waals surface area contributed by atoms with Crippen LogP contribution in [0.2, 0.25) is 0 Å². The molecule has 0 unspecified atom stereocenters. The number of nitrogens with zero attached hydrogens (tertiary/aromatic N) is 2. The number of hydrogen-bond acceptors (Lipinski definition) is 6. The number of phenolic OH excluding ortho intramolecular Hbond substituents is 2. The smallest absolute Gasteiger partial charge is 0.148 e. The maximum atomic E-state index is 9.35. The largest absolute Gasteiger partial charge is 0.508 e. The normalized spacial score (nSPS) is 10.6. The van der Waals surface area contributed by atoms with Crippen molar-refractivity contribution in [3.05, 3.63) is 23.2 Å². The van der Waals surface area contributed by atoms with Gasteiger partial charge in [-0.05, 0) is 19.2 Å². The van der Waals surface area contributed by atoms with Crippen LogP contribution in [-0.2, 0) is 6.54 Å². The zero-order valence-electron chi connectivity index (χ0n) is 8.64. The minimum Gasteiger partial charge on any atom is -0.508 e. The van der Waals surface area contributed by atoms with Gasteiger partial charge in [-0.25, -0.2) is 0 Å². The highest BCUT2D eigenvalue weighted by molar-refractivity contribution is 7.14. The number of phenols is 2. The summed E-state index contributed by atoms with van der Waals surface area (Å²) in [5, 5.41) is 31.2. The van der Waals surface area contributed by atoms with Gasteiger partial charge < -0.3 is 15.5 Å². The van der Waals surface area contributed by atoms with Crippen molar-refractivity contribution in [3.63, 3.8) is 0 Å². The van der Waals surface area contributed by atoms with Gasteiger partial charge in [0.2, 0.25) is 0 Å². The van der Waals surface area contributed by atoms with Gasteiger partial charge >= 0.3 is 0 Å². The third kappa shape index (κ3) is 2.29. The van der Waals surface area contributed by atoms with Gasteiger partial charge in [0, 0.05) is 18.2 Å². The molecule has 2 aromatic rings. The van der Waals surface area contributed by atoms with Crippen molar-refractivity contribution < 1.29 is 10.2 Å². The fraction of sp³-hybridized carbons (Fsp3) is 0.200. The highest BCUT2D eigenvalue weighted by atomic mass is 32.1. The van der Waals surface area contributed by atoms with Crippen molar-refractivity contribution in [2.45, 2.75) is 6.54 Å². The van der Waals surface area contributed by atoms with E-state index in [-0.39, 0.29) is 11.5 Å². The van der Waals surface area contributed by atoms with Crippen LogP contribution in [0.15, 0.2) is 18.2 Å². The van der Waals surface area contributed by atoms with E-state index in [4.69, 9.17) is 0 Å². The molecule has 1 aromatic carbocycles. The maximum Gasteiger partial charge on any atom is 0.148 e. The molecule has 0 spiro atoms. The summed E-state index contributed by atoms with van der Waals surface area (Å²) in [5.74, 6) is 0.0285. The second-order valence-corrected chi connectivity index (χ2v) is 4.33. The van der Waals surface area contributed by atoms with Crippen molar-refractivity contribution in [3.8, 4) is 22.1 Å². The van der Waals surface area contributed by atoms with Crippen LogP contribution in [0.25, 0.3) is 10.6 Å². The van der Waals surface area contributed by atoms with Crippen molar-refractivity contribution in [2.75, 3.05) is 7.05 Å². The summed E-state index contributed by atoms with van der Waals surface area (Å²) >= 11 is 1.42. The molecule has 16 heavy (non-hydrogen) atoms. The summed E-state index contributed by atoms with van der Waals surface area (Å²) < 4.78 is 0. The third-order valence-corrected chi connectivity index (χ3v) is 2.92. The standard InChI is InChI=1S/C10H11N3O2S/c1-11-5-9-12-13-10(16-9)6-2-7(14)4-8(15)3-6/h2-4,11,14-15H,5H2,1H3. The van der Waals surface area contributed by atoms with E-state index in [1.807, 2.05) is 7.05 Å². The summed E-state index contributed by atoms with van der Waals surface area (Å²) in [4.78, 5) is 0. The molecule has 6 heteroatoms. The zero-order valence-corrected chi connectivity index (χ0v) is 9.45. The molecule has 84 valence electrons. The highest BCUT2D eigenvalue weighted by Gasteiger charge is 2.08. The molecule has 3 N–H and O–H groups in total. The van der Waals surface area contributed by atoms with Gasteiger partial charge in [0.05, 0.1) is 0 Å². The monoisotopic (exact) mass is 237 g/mol. The van der Waals surface area contributed by atoms with E-state index in [0.29, 0.717) is 17.1 Å². The Bertz CT molecular complexity index is 478. The summed E-state index contributed by atoms with van der Waals surface area (Å²) in [6, 6.07) is 4.37. The van der Waals surface area contributed by atoms with Crippen molar-refractivity contribution in [1.29, 1.82) is 0 Å². The van der Waals surface area contributed by atoms with E-state index in [9.17, 15) is 10.2 Å². The lowest BCUT2D eigenvalue weighted by atomic mass is 10.2. The molecule has 0 aliphatic carbocycles. The predicted octanol–water partition coefficient (Wildman–Crippen LogP) is 1.34. The van der Waals surface area contributed by atoms with Crippen LogP contribution in [0.3, 0.4) is 0 Å². The Hall–Kier alpha value is -1.66. The fourth-order valence-corrected chi connectivity index (χ4v) is 2.15. The Labute approximate surface area is 96.4 Å². The Morgan fingerprint density at radius 2 is 1.88 bits per heavy atom.